The Hall–Kier alpha value is -2.87. The van der Waals surface area contributed by atoms with Gasteiger partial charge in [0.25, 0.3) is 0 Å². The highest BCUT2D eigenvalue weighted by Gasteiger charge is 2.30. The van der Waals surface area contributed by atoms with E-state index in [0.29, 0.717) is 17.4 Å². The number of piperidine rings is 1. The van der Waals surface area contributed by atoms with Gasteiger partial charge in [-0.25, -0.2) is 0 Å². The summed E-state index contributed by atoms with van der Waals surface area (Å²) in [7, 11) is 1.62. The van der Waals surface area contributed by atoms with Crippen LogP contribution in [0.4, 0.5) is 10.7 Å². The molecule has 1 saturated heterocycles. The minimum absolute atomic E-state index is 0.230. The van der Waals surface area contributed by atoms with Crippen molar-refractivity contribution in [2.24, 2.45) is 11.8 Å². The van der Waals surface area contributed by atoms with Crippen LogP contribution < -0.4 is 20.7 Å². The van der Waals surface area contributed by atoms with Crippen molar-refractivity contribution in [1.29, 1.82) is 0 Å². The maximum absolute atomic E-state index is 12.0. The van der Waals surface area contributed by atoms with Gasteiger partial charge in [-0.3, -0.25) is 9.78 Å². The van der Waals surface area contributed by atoms with Gasteiger partial charge in [0.1, 0.15) is 21.8 Å². The molecule has 162 valence electrons. The molecule has 0 bridgehead atoms. The average Bonchev–Trinajstić information content (AvgIpc) is 3.57. The molecule has 1 saturated carbocycles. The van der Waals surface area contributed by atoms with Gasteiger partial charge < -0.3 is 20.7 Å². The highest BCUT2D eigenvalue weighted by Crippen LogP contribution is 2.36. The summed E-state index contributed by atoms with van der Waals surface area (Å²) in [5.41, 5.74) is 10.4. The number of nitrogen functional groups attached to an aromatic ring is 1. The van der Waals surface area contributed by atoms with E-state index >= 15 is 0 Å². The summed E-state index contributed by atoms with van der Waals surface area (Å²) in [5.74, 6) is 1.62. The van der Waals surface area contributed by atoms with E-state index in [2.05, 4.69) is 20.7 Å². The lowest BCUT2D eigenvalue weighted by Crippen LogP contribution is -2.41. The Morgan fingerprint density at radius 2 is 2.16 bits per heavy atom. The van der Waals surface area contributed by atoms with Gasteiger partial charge in [0, 0.05) is 37.3 Å². The van der Waals surface area contributed by atoms with E-state index in [0.717, 1.165) is 72.5 Å². The molecule has 3 aromatic rings. The monoisotopic (exact) mass is 437 g/mol. The predicted molar refractivity (Wildman–Crippen MR) is 124 cm³/mol. The molecule has 2 aliphatic rings. The smallest absolute Gasteiger partial charge is 0.223 e. The molecule has 0 spiro atoms. The molecule has 2 aromatic heterocycles. The summed E-state index contributed by atoms with van der Waals surface area (Å²) < 4.78 is 10.0. The number of benzene rings is 1. The Morgan fingerprint density at radius 1 is 1.29 bits per heavy atom. The summed E-state index contributed by atoms with van der Waals surface area (Å²) >= 11 is 1.51. The zero-order valence-electron chi connectivity index (χ0n) is 17.6. The number of hydrogen-bond acceptors (Lipinski definition) is 7. The van der Waals surface area contributed by atoms with Crippen LogP contribution in [0.2, 0.25) is 0 Å². The molecule has 5 rings (SSSR count). The van der Waals surface area contributed by atoms with Crippen molar-refractivity contribution in [2.75, 3.05) is 37.4 Å². The number of hydrogen-bond donors (Lipinski definition) is 2. The molecule has 7 nitrogen and oxygen atoms in total. The molecule has 3 N–H and O–H groups in total. The van der Waals surface area contributed by atoms with Crippen molar-refractivity contribution >= 4 is 39.2 Å². The third-order valence-corrected chi connectivity index (χ3v) is 7.10. The maximum Gasteiger partial charge on any atom is 0.223 e. The standard InChI is InChI=1S/C23H27N5O2S/c1-30-20-10-16(6-7-18(20)24)17-9-19-21(25-12-17)23(31-27-19)28-8-2-3-14(13-28)11-26-22(29)15-4-5-15/h6-7,9-10,12,14-15H,2-5,8,11,13,24H2,1H3,(H,26,29)/t14-/m0/s1. The van der Waals surface area contributed by atoms with Crippen LogP contribution in [0.3, 0.4) is 0 Å². The Kier molecular flexibility index (Phi) is 5.40. The third-order valence-electron chi connectivity index (χ3n) is 6.19. The van der Waals surface area contributed by atoms with Crippen molar-refractivity contribution in [3.8, 4) is 16.9 Å². The van der Waals surface area contributed by atoms with Crippen molar-refractivity contribution in [3.63, 3.8) is 0 Å². The highest BCUT2D eigenvalue weighted by molar-refractivity contribution is 7.11. The number of amides is 1. The summed E-state index contributed by atoms with van der Waals surface area (Å²) in [6.07, 6.45) is 6.25. The van der Waals surface area contributed by atoms with Gasteiger partial charge >= 0.3 is 0 Å². The first kappa shape index (κ1) is 20.1. The minimum Gasteiger partial charge on any atom is -0.495 e. The first-order valence-corrected chi connectivity index (χ1v) is 11.6. The fourth-order valence-corrected chi connectivity index (χ4v) is 5.08. The summed E-state index contributed by atoms with van der Waals surface area (Å²) in [5, 5.41) is 4.26. The van der Waals surface area contributed by atoms with E-state index in [1.807, 2.05) is 24.4 Å². The Morgan fingerprint density at radius 3 is 2.97 bits per heavy atom. The molecule has 1 aromatic carbocycles. The minimum atomic E-state index is 0.230. The van der Waals surface area contributed by atoms with Crippen molar-refractivity contribution < 1.29 is 9.53 Å². The van der Waals surface area contributed by atoms with Gasteiger partial charge in [-0.05, 0) is 66.9 Å². The van der Waals surface area contributed by atoms with E-state index in [-0.39, 0.29) is 11.8 Å². The number of anilines is 2. The van der Waals surface area contributed by atoms with Crippen LogP contribution in [0.1, 0.15) is 25.7 Å². The second kappa shape index (κ2) is 8.34. The summed E-state index contributed by atoms with van der Waals surface area (Å²) in [6.45, 7) is 2.70. The van der Waals surface area contributed by atoms with Crippen LogP contribution >= 0.6 is 11.5 Å². The lowest BCUT2D eigenvalue weighted by atomic mass is 9.98. The normalized spacial score (nSPS) is 18.9. The third kappa shape index (κ3) is 4.17. The number of carbonyl (C=O) groups excluding carboxylic acids is 1. The van der Waals surface area contributed by atoms with Gasteiger partial charge in [-0.1, -0.05) is 6.07 Å². The Balaban J connectivity index is 1.33. The molecule has 3 heterocycles. The van der Waals surface area contributed by atoms with E-state index in [1.54, 1.807) is 7.11 Å². The van der Waals surface area contributed by atoms with Crippen molar-refractivity contribution in [1.82, 2.24) is 14.7 Å². The van der Waals surface area contributed by atoms with Gasteiger partial charge in [0.05, 0.1) is 12.8 Å². The second-order valence-electron chi connectivity index (χ2n) is 8.51. The lowest BCUT2D eigenvalue weighted by Gasteiger charge is -2.33. The lowest BCUT2D eigenvalue weighted by molar-refractivity contribution is -0.122. The maximum atomic E-state index is 12.0. The van der Waals surface area contributed by atoms with Gasteiger partial charge in [-0.15, -0.1) is 0 Å². The van der Waals surface area contributed by atoms with Crippen LogP contribution in [0.25, 0.3) is 22.2 Å². The number of pyridine rings is 1. The molecule has 31 heavy (non-hydrogen) atoms. The first-order valence-electron chi connectivity index (χ1n) is 10.8. The number of carbonyl (C=O) groups is 1. The van der Waals surface area contributed by atoms with Gasteiger partial charge in [0.2, 0.25) is 5.91 Å². The number of aromatic nitrogens is 2. The van der Waals surface area contributed by atoms with E-state index < -0.39 is 0 Å². The quantitative estimate of drug-likeness (QED) is 0.571. The molecule has 1 aliphatic carbocycles. The summed E-state index contributed by atoms with van der Waals surface area (Å²) in [4.78, 5) is 19.1. The van der Waals surface area contributed by atoms with E-state index in [9.17, 15) is 4.79 Å². The van der Waals surface area contributed by atoms with Crippen LogP contribution in [0, 0.1) is 11.8 Å². The number of ether oxygens (including phenoxy) is 1. The Bertz CT molecular complexity index is 1110. The molecule has 1 aliphatic heterocycles. The first-order chi connectivity index (χ1) is 15.1. The van der Waals surface area contributed by atoms with Gasteiger partial charge in [0.15, 0.2) is 0 Å². The van der Waals surface area contributed by atoms with Crippen molar-refractivity contribution in [3.05, 3.63) is 30.5 Å². The zero-order valence-corrected chi connectivity index (χ0v) is 18.5. The Labute approximate surface area is 185 Å². The van der Waals surface area contributed by atoms with Crippen LogP contribution in [-0.2, 0) is 4.79 Å². The molecule has 1 amide bonds. The largest absolute Gasteiger partial charge is 0.495 e. The summed E-state index contributed by atoms with van der Waals surface area (Å²) in [6, 6.07) is 7.82. The SMILES string of the molecule is COc1cc(-c2cnc3c(N4CCC[C@@H](CNC(=O)C5CC5)C4)snc3c2)ccc1N. The number of nitrogens with two attached hydrogens (primary N) is 1. The number of rotatable bonds is 6. The molecule has 1 atom stereocenters. The fraction of sp³-hybridized carbons (Fsp3) is 0.435. The second-order valence-corrected chi connectivity index (χ2v) is 9.26. The number of methoxy groups -OCH3 is 1. The van der Waals surface area contributed by atoms with Crippen LogP contribution in [0.5, 0.6) is 5.75 Å². The highest BCUT2D eigenvalue weighted by atomic mass is 32.1. The zero-order chi connectivity index (χ0) is 21.4. The van der Waals surface area contributed by atoms with E-state index in [1.165, 1.54) is 11.5 Å². The van der Waals surface area contributed by atoms with E-state index in [4.69, 9.17) is 15.5 Å². The molecular formula is C23H27N5O2S. The number of nitrogens with zero attached hydrogens (tertiary/aromatic N) is 3. The molecule has 0 unspecified atom stereocenters. The molecule has 2 fully saturated rings. The number of fused-ring (bicyclic) bond motifs is 1. The molecular weight excluding hydrogens is 410 g/mol. The topological polar surface area (TPSA) is 93.4 Å². The molecule has 8 heteroatoms. The number of nitrogens with one attached hydrogen (secondary N) is 1. The average molecular weight is 438 g/mol. The predicted octanol–water partition coefficient (Wildman–Crippen LogP) is 3.69. The fourth-order valence-electron chi connectivity index (χ4n) is 4.23. The van der Waals surface area contributed by atoms with Crippen LogP contribution in [0.15, 0.2) is 30.5 Å². The van der Waals surface area contributed by atoms with Gasteiger partial charge in [-0.2, -0.15) is 4.37 Å². The van der Waals surface area contributed by atoms with Crippen molar-refractivity contribution in [2.45, 2.75) is 25.7 Å². The molecule has 0 radical (unpaired) electrons. The van der Waals surface area contributed by atoms with Crippen LogP contribution in [-0.4, -0.2) is 42.0 Å².